The summed E-state index contributed by atoms with van der Waals surface area (Å²) in [5.74, 6) is -0.425. The predicted octanol–water partition coefficient (Wildman–Crippen LogP) is 1.40. The van der Waals surface area contributed by atoms with Crippen molar-refractivity contribution in [1.82, 2.24) is 0 Å². The summed E-state index contributed by atoms with van der Waals surface area (Å²) in [7, 11) is -2.37. The van der Waals surface area contributed by atoms with Gasteiger partial charge in [-0.3, -0.25) is 0 Å². The molecule has 0 saturated heterocycles. The molecule has 2 aromatic heterocycles. The molecule has 0 bridgehead atoms. The average Bonchev–Trinajstić information content (AvgIpc) is 2.71. The summed E-state index contributed by atoms with van der Waals surface area (Å²) in [6.45, 7) is 0. The number of carbonyl (C=O) groups excluding carboxylic acids is 1. The van der Waals surface area contributed by atoms with Gasteiger partial charge in [0.05, 0.1) is 11.1 Å². The molecule has 86 valence electrons. The molecule has 0 aliphatic carbocycles. The van der Waals surface area contributed by atoms with Crippen LogP contribution in [0.3, 0.4) is 0 Å². The molecule has 0 atom stereocenters. The molecule has 16 heavy (non-hydrogen) atoms. The number of ether oxygens (including phenoxy) is 1. The summed E-state index contributed by atoms with van der Waals surface area (Å²) in [4.78, 5) is 11.7. The van der Waals surface area contributed by atoms with E-state index in [0.29, 0.717) is 10.3 Å². The first-order valence-corrected chi connectivity index (χ1v) is 7.24. The van der Waals surface area contributed by atoms with Crippen LogP contribution in [0.25, 0.3) is 9.40 Å². The highest BCUT2D eigenvalue weighted by atomic mass is 32.2. The van der Waals surface area contributed by atoms with Crippen LogP contribution in [-0.4, -0.2) is 21.5 Å². The van der Waals surface area contributed by atoms with E-state index in [1.165, 1.54) is 24.5 Å². The average molecular weight is 277 g/mol. The minimum Gasteiger partial charge on any atom is -0.465 e. The SMILES string of the molecule is COC(=O)c1cc2cc(S(N)(=O)=O)sc2s1. The number of esters is 1. The Bertz CT molecular complexity index is 620. The number of hydrogen-bond acceptors (Lipinski definition) is 6. The van der Waals surface area contributed by atoms with Gasteiger partial charge in [-0.15, -0.1) is 22.7 Å². The molecule has 0 spiro atoms. The van der Waals surface area contributed by atoms with Gasteiger partial charge in [0.25, 0.3) is 0 Å². The van der Waals surface area contributed by atoms with Gasteiger partial charge in [-0.1, -0.05) is 0 Å². The van der Waals surface area contributed by atoms with Gasteiger partial charge < -0.3 is 4.74 Å². The van der Waals surface area contributed by atoms with Crippen LogP contribution in [0.2, 0.25) is 0 Å². The van der Waals surface area contributed by atoms with Crippen LogP contribution in [0.15, 0.2) is 16.3 Å². The zero-order valence-electron chi connectivity index (χ0n) is 8.09. The summed E-state index contributed by atoms with van der Waals surface area (Å²) < 4.78 is 27.6. The van der Waals surface area contributed by atoms with Gasteiger partial charge in [0.15, 0.2) is 0 Å². The lowest BCUT2D eigenvalue weighted by Gasteiger charge is -1.92. The highest BCUT2D eigenvalue weighted by molar-refractivity contribution is 7.91. The van der Waals surface area contributed by atoms with E-state index in [-0.39, 0.29) is 4.21 Å². The highest BCUT2D eigenvalue weighted by Gasteiger charge is 2.17. The van der Waals surface area contributed by atoms with Crippen LogP contribution in [0.1, 0.15) is 9.67 Å². The van der Waals surface area contributed by atoms with Crippen molar-refractivity contribution in [2.24, 2.45) is 5.14 Å². The quantitative estimate of drug-likeness (QED) is 0.840. The number of hydrogen-bond donors (Lipinski definition) is 1. The van der Waals surface area contributed by atoms with Gasteiger partial charge in [0, 0.05) is 5.39 Å². The summed E-state index contributed by atoms with van der Waals surface area (Å²) in [6.07, 6.45) is 0. The maximum atomic E-state index is 11.2. The van der Waals surface area contributed by atoms with Gasteiger partial charge in [0.1, 0.15) is 9.09 Å². The number of nitrogens with two attached hydrogens (primary N) is 1. The third-order valence-electron chi connectivity index (χ3n) is 1.86. The van der Waals surface area contributed by atoms with Gasteiger partial charge in [-0.25, -0.2) is 18.4 Å². The molecule has 5 nitrogen and oxygen atoms in total. The number of sulfonamides is 1. The third kappa shape index (κ3) is 1.96. The Labute approximate surface area is 99.5 Å². The Morgan fingerprint density at radius 1 is 1.38 bits per heavy atom. The Kier molecular flexibility index (Phi) is 2.74. The molecular weight excluding hydrogens is 270 g/mol. The molecule has 0 radical (unpaired) electrons. The van der Waals surface area contributed by atoms with Crippen molar-refractivity contribution < 1.29 is 17.9 Å². The minimum absolute atomic E-state index is 0.102. The molecule has 0 unspecified atom stereocenters. The molecule has 2 heterocycles. The Hall–Kier alpha value is -0.960. The van der Waals surface area contributed by atoms with Crippen LogP contribution in [-0.2, 0) is 14.8 Å². The van der Waals surface area contributed by atoms with E-state index in [1.54, 1.807) is 6.07 Å². The molecule has 0 fully saturated rings. The first kappa shape index (κ1) is 11.5. The molecule has 2 aromatic rings. The van der Waals surface area contributed by atoms with E-state index in [4.69, 9.17) is 5.14 Å². The monoisotopic (exact) mass is 277 g/mol. The van der Waals surface area contributed by atoms with Gasteiger partial charge in [0.2, 0.25) is 10.0 Å². The molecule has 0 aliphatic heterocycles. The van der Waals surface area contributed by atoms with E-state index in [9.17, 15) is 13.2 Å². The summed E-state index contributed by atoms with van der Waals surface area (Å²) in [6, 6.07) is 3.05. The lowest BCUT2D eigenvalue weighted by atomic mass is 10.4. The maximum absolute atomic E-state index is 11.2. The molecule has 0 aromatic carbocycles. The van der Waals surface area contributed by atoms with Crippen molar-refractivity contribution in [1.29, 1.82) is 0 Å². The van der Waals surface area contributed by atoms with Crippen LogP contribution < -0.4 is 5.14 Å². The predicted molar refractivity (Wildman–Crippen MR) is 62.4 cm³/mol. The maximum Gasteiger partial charge on any atom is 0.348 e. The standard InChI is InChI=1S/C8H7NO4S3/c1-13-7(10)5-2-4-3-6(16(9,11)12)15-8(4)14-5/h2-3H,1H3,(H2,9,11,12). The van der Waals surface area contributed by atoms with Crippen LogP contribution in [0, 0.1) is 0 Å². The number of rotatable bonds is 2. The summed E-state index contributed by atoms with van der Waals surface area (Å²) >= 11 is 2.24. The molecular formula is C8H7NO4S3. The van der Waals surface area contributed by atoms with Crippen LogP contribution in [0.5, 0.6) is 0 Å². The van der Waals surface area contributed by atoms with Crippen molar-refractivity contribution >= 4 is 48.1 Å². The van der Waals surface area contributed by atoms with Gasteiger partial charge in [-0.05, 0) is 12.1 Å². The number of carbonyl (C=O) groups is 1. The fourth-order valence-corrected chi connectivity index (χ4v) is 4.42. The lowest BCUT2D eigenvalue weighted by molar-refractivity contribution is 0.0606. The summed E-state index contributed by atoms with van der Waals surface area (Å²) in [5.41, 5.74) is 0. The molecule has 0 amide bonds. The van der Waals surface area contributed by atoms with E-state index in [1.807, 2.05) is 0 Å². The van der Waals surface area contributed by atoms with Crippen LogP contribution in [0.4, 0.5) is 0 Å². The lowest BCUT2D eigenvalue weighted by Crippen LogP contribution is -2.09. The summed E-state index contributed by atoms with van der Waals surface area (Å²) in [5, 5.41) is 5.69. The van der Waals surface area contributed by atoms with Crippen molar-refractivity contribution in [3.05, 3.63) is 17.0 Å². The Morgan fingerprint density at radius 3 is 2.56 bits per heavy atom. The van der Waals surface area contributed by atoms with E-state index >= 15 is 0 Å². The first-order valence-electron chi connectivity index (χ1n) is 4.06. The highest BCUT2D eigenvalue weighted by Crippen LogP contribution is 2.35. The zero-order chi connectivity index (χ0) is 11.9. The second-order valence-electron chi connectivity index (χ2n) is 2.96. The van der Waals surface area contributed by atoms with Crippen molar-refractivity contribution in [2.75, 3.05) is 7.11 Å². The molecule has 0 aliphatic rings. The van der Waals surface area contributed by atoms with Crippen LogP contribution >= 0.6 is 22.7 Å². The zero-order valence-corrected chi connectivity index (χ0v) is 10.5. The topological polar surface area (TPSA) is 86.5 Å². The second kappa shape index (κ2) is 3.81. The molecule has 0 saturated carbocycles. The minimum atomic E-state index is -3.66. The van der Waals surface area contributed by atoms with E-state index < -0.39 is 16.0 Å². The molecule has 8 heteroatoms. The fraction of sp³-hybridized carbons (Fsp3) is 0.125. The van der Waals surface area contributed by atoms with Crippen molar-refractivity contribution in [3.63, 3.8) is 0 Å². The van der Waals surface area contributed by atoms with Gasteiger partial charge in [-0.2, -0.15) is 0 Å². The normalized spacial score (nSPS) is 11.9. The number of fused-ring (bicyclic) bond motifs is 1. The largest absolute Gasteiger partial charge is 0.465 e. The number of primary sulfonamides is 1. The number of methoxy groups -OCH3 is 1. The van der Waals surface area contributed by atoms with Crippen molar-refractivity contribution in [2.45, 2.75) is 4.21 Å². The van der Waals surface area contributed by atoms with E-state index in [2.05, 4.69) is 4.74 Å². The van der Waals surface area contributed by atoms with Gasteiger partial charge >= 0.3 is 5.97 Å². The fourth-order valence-electron chi connectivity index (χ4n) is 1.16. The third-order valence-corrected chi connectivity index (χ3v) is 5.65. The number of thiophene rings is 2. The Morgan fingerprint density at radius 2 is 2.06 bits per heavy atom. The van der Waals surface area contributed by atoms with Crippen molar-refractivity contribution in [3.8, 4) is 0 Å². The Balaban J connectivity index is 2.53. The van der Waals surface area contributed by atoms with E-state index in [0.717, 1.165) is 15.4 Å². The smallest absolute Gasteiger partial charge is 0.348 e. The second-order valence-corrected chi connectivity index (χ2v) is 7.11. The first-order chi connectivity index (χ1) is 7.41. The molecule has 2 N–H and O–H groups in total. The molecule has 2 rings (SSSR count).